The zero-order valence-electron chi connectivity index (χ0n) is 17.8. The van der Waals surface area contributed by atoms with Crippen LogP contribution in [0, 0.1) is 11.8 Å². The summed E-state index contributed by atoms with van der Waals surface area (Å²) in [5.74, 6) is 3.07. The van der Waals surface area contributed by atoms with Gasteiger partial charge in [-0.2, -0.15) is 5.10 Å². The predicted molar refractivity (Wildman–Crippen MR) is 119 cm³/mol. The lowest BCUT2D eigenvalue weighted by Crippen LogP contribution is -2.20. The number of hydrogen-bond donors (Lipinski definition) is 1. The molecule has 1 saturated carbocycles. The molecule has 3 aromatic rings. The molecule has 7 heteroatoms. The molecule has 1 atom stereocenters. The van der Waals surface area contributed by atoms with Gasteiger partial charge in [0.15, 0.2) is 17.1 Å². The average Bonchev–Trinajstić information content (AvgIpc) is 3.56. The van der Waals surface area contributed by atoms with Crippen LogP contribution in [0.5, 0.6) is 11.5 Å². The fourth-order valence-corrected chi connectivity index (χ4v) is 4.31. The summed E-state index contributed by atoms with van der Waals surface area (Å²) in [6.07, 6.45) is 9.49. The molecule has 1 unspecified atom stereocenters. The van der Waals surface area contributed by atoms with Crippen LogP contribution in [0.25, 0.3) is 16.8 Å². The molecule has 7 nitrogen and oxygen atoms in total. The van der Waals surface area contributed by atoms with Gasteiger partial charge in [-0.15, -0.1) is 0 Å². The van der Waals surface area contributed by atoms with Gasteiger partial charge in [0.05, 0.1) is 19.9 Å². The van der Waals surface area contributed by atoms with E-state index in [4.69, 9.17) is 14.5 Å². The van der Waals surface area contributed by atoms with Crippen molar-refractivity contribution in [2.24, 2.45) is 11.8 Å². The van der Waals surface area contributed by atoms with Gasteiger partial charge in [-0.1, -0.05) is 6.07 Å². The summed E-state index contributed by atoms with van der Waals surface area (Å²) in [6, 6.07) is 7.83. The fraction of sp³-hybridized carbons (Fsp3) is 0.458. The Morgan fingerprint density at radius 1 is 1.16 bits per heavy atom. The molecule has 1 aliphatic heterocycles. The quantitative estimate of drug-likeness (QED) is 0.678. The molecule has 3 heterocycles. The van der Waals surface area contributed by atoms with Gasteiger partial charge in [-0.05, 0) is 62.3 Å². The number of aromatic nitrogens is 3. The maximum atomic E-state index is 12.8. The third-order valence-electron chi connectivity index (χ3n) is 6.23. The zero-order chi connectivity index (χ0) is 21.2. The van der Waals surface area contributed by atoms with Crippen LogP contribution < -0.4 is 14.8 Å². The first-order chi connectivity index (χ1) is 15.2. The third kappa shape index (κ3) is 4.22. The highest BCUT2D eigenvalue weighted by Gasteiger charge is 2.34. The summed E-state index contributed by atoms with van der Waals surface area (Å²) < 4.78 is 13.3. The van der Waals surface area contributed by atoms with E-state index in [0.29, 0.717) is 29.8 Å². The van der Waals surface area contributed by atoms with Gasteiger partial charge < -0.3 is 14.8 Å². The van der Waals surface area contributed by atoms with E-state index in [9.17, 15) is 4.79 Å². The van der Waals surface area contributed by atoms with Crippen molar-refractivity contribution in [3.05, 3.63) is 36.7 Å². The molecule has 1 N–H and O–H groups in total. The van der Waals surface area contributed by atoms with Crippen LogP contribution in [0.1, 0.15) is 38.5 Å². The number of ketones is 1. The predicted octanol–water partition coefficient (Wildman–Crippen LogP) is 4.36. The van der Waals surface area contributed by atoms with Crippen molar-refractivity contribution >= 4 is 17.2 Å². The van der Waals surface area contributed by atoms with E-state index in [-0.39, 0.29) is 5.92 Å². The van der Waals surface area contributed by atoms with Crippen LogP contribution in [-0.2, 0) is 4.79 Å². The highest BCUT2D eigenvalue weighted by atomic mass is 16.5. The van der Waals surface area contributed by atoms with Gasteiger partial charge >= 0.3 is 0 Å². The van der Waals surface area contributed by atoms with Gasteiger partial charge in [0, 0.05) is 30.1 Å². The number of Topliss-reactive ketones (excluding diaryl/α,β-unsaturated/α-hetero) is 1. The molecule has 1 aromatic carbocycles. The molecule has 0 radical (unpaired) electrons. The van der Waals surface area contributed by atoms with E-state index in [2.05, 4.69) is 10.4 Å². The molecular formula is C24H28N4O3. The molecule has 2 aliphatic rings. The second-order valence-corrected chi connectivity index (χ2v) is 8.44. The molecule has 31 heavy (non-hydrogen) atoms. The van der Waals surface area contributed by atoms with Crippen LogP contribution in [0.2, 0.25) is 0 Å². The smallest absolute Gasteiger partial charge is 0.165 e. The van der Waals surface area contributed by atoms with E-state index < -0.39 is 0 Å². The number of methoxy groups -OCH3 is 1. The van der Waals surface area contributed by atoms with E-state index >= 15 is 0 Å². The first-order valence-electron chi connectivity index (χ1n) is 11.2. The monoisotopic (exact) mass is 420 g/mol. The van der Waals surface area contributed by atoms with Gasteiger partial charge in [0.2, 0.25) is 0 Å². The summed E-state index contributed by atoms with van der Waals surface area (Å²) in [6.45, 7) is 1.33. The standard InChI is InChI=1S/C24H28N4O3/c1-30-20-8-7-18-14-21(20)31-13-3-2-4-16(23(29)17-5-6-17)9-11-25-22-10-12-28-24(27-22)19(18)15-26-28/h7-8,10,12,14-17H,2-6,9,11,13H2,1H3,(H,25,27). The lowest BCUT2D eigenvalue weighted by atomic mass is 9.91. The fourth-order valence-electron chi connectivity index (χ4n) is 4.31. The normalized spacial score (nSPS) is 19.6. The Hall–Kier alpha value is -3.09. The Morgan fingerprint density at radius 2 is 2.03 bits per heavy atom. The summed E-state index contributed by atoms with van der Waals surface area (Å²) >= 11 is 0. The van der Waals surface area contributed by atoms with E-state index in [0.717, 1.165) is 67.7 Å². The van der Waals surface area contributed by atoms with Crippen LogP contribution in [0.3, 0.4) is 0 Å². The minimum Gasteiger partial charge on any atom is -0.493 e. The summed E-state index contributed by atoms with van der Waals surface area (Å²) in [5, 5.41) is 7.87. The molecule has 5 rings (SSSR count). The number of anilines is 1. The molecule has 2 aromatic heterocycles. The summed E-state index contributed by atoms with van der Waals surface area (Å²) in [7, 11) is 1.65. The van der Waals surface area contributed by atoms with Crippen molar-refractivity contribution in [1.29, 1.82) is 0 Å². The first kappa shape index (κ1) is 19.8. The van der Waals surface area contributed by atoms with Crippen molar-refractivity contribution in [2.45, 2.75) is 38.5 Å². The van der Waals surface area contributed by atoms with E-state index in [1.54, 1.807) is 11.6 Å². The molecule has 0 amide bonds. The largest absolute Gasteiger partial charge is 0.493 e. The maximum absolute atomic E-state index is 12.8. The molecule has 0 spiro atoms. The number of carbonyl (C=O) groups excluding carboxylic acids is 1. The molecule has 1 aliphatic carbocycles. The second-order valence-electron chi connectivity index (χ2n) is 8.44. The van der Waals surface area contributed by atoms with Gasteiger partial charge in [0.25, 0.3) is 0 Å². The van der Waals surface area contributed by atoms with Gasteiger partial charge in [-0.25, -0.2) is 9.50 Å². The van der Waals surface area contributed by atoms with Crippen LogP contribution in [0.15, 0.2) is 36.7 Å². The van der Waals surface area contributed by atoms with Crippen molar-refractivity contribution in [3.63, 3.8) is 0 Å². The van der Waals surface area contributed by atoms with Crippen LogP contribution in [0.4, 0.5) is 5.82 Å². The number of nitrogens with one attached hydrogen (secondary N) is 1. The lowest BCUT2D eigenvalue weighted by molar-refractivity contribution is -0.124. The van der Waals surface area contributed by atoms with Gasteiger partial charge in [0.1, 0.15) is 11.6 Å². The molecule has 1 fully saturated rings. The zero-order valence-corrected chi connectivity index (χ0v) is 17.8. The average molecular weight is 421 g/mol. The van der Waals surface area contributed by atoms with Crippen molar-refractivity contribution in [3.8, 4) is 22.6 Å². The Labute approximate surface area is 181 Å². The Morgan fingerprint density at radius 3 is 2.87 bits per heavy atom. The Kier molecular flexibility index (Phi) is 5.49. The van der Waals surface area contributed by atoms with Crippen LogP contribution >= 0.6 is 0 Å². The number of fused-ring (bicyclic) bond motifs is 4. The minimum atomic E-state index is 0.111. The van der Waals surface area contributed by atoms with Crippen molar-refractivity contribution < 1.29 is 14.3 Å². The van der Waals surface area contributed by atoms with E-state index in [1.165, 1.54) is 0 Å². The Balaban J connectivity index is 1.47. The third-order valence-corrected chi connectivity index (χ3v) is 6.23. The number of carbonyl (C=O) groups is 1. The summed E-state index contributed by atoms with van der Waals surface area (Å²) in [5.41, 5.74) is 2.70. The number of rotatable bonds is 3. The minimum absolute atomic E-state index is 0.111. The SMILES string of the molecule is COc1ccc2cc1OCCCCC(C(=O)C1CC1)CCNc1ccn3ncc-2c3n1. The Bertz CT molecular complexity index is 1090. The molecule has 0 saturated heterocycles. The second kappa shape index (κ2) is 8.57. The number of hydrogen-bond acceptors (Lipinski definition) is 6. The van der Waals surface area contributed by atoms with Gasteiger partial charge in [-0.3, -0.25) is 4.79 Å². The van der Waals surface area contributed by atoms with Crippen molar-refractivity contribution in [1.82, 2.24) is 14.6 Å². The van der Waals surface area contributed by atoms with E-state index in [1.807, 2.05) is 36.7 Å². The topological polar surface area (TPSA) is 77.8 Å². The molecule has 4 bridgehead atoms. The summed E-state index contributed by atoms with van der Waals surface area (Å²) in [4.78, 5) is 17.6. The first-order valence-corrected chi connectivity index (χ1v) is 11.2. The lowest BCUT2D eigenvalue weighted by Gasteiger charge is -2.17. The number of benzene rings is 1. The number of nitrogens with zero attached hydrogens (tertiary/aromatic N) is 3. The van der Waals surface area contributed by atoms with Crippen LogP contribution in [-0.4, -0.2) is 40.6 Å². The maximum Gasteiger partial charge on any atom is 0.165 e. The molecular weight excluding hydrogens is 392 g/mol. The van der Waals surface area contributed by atoms with Crippen molar-refractivity contribution in [2.75, 3.05) is 25.6 Å². The highest BCUT2D eigenvalue weighted by molar-refractivity contribution is 5.85. The number of ether oxygens (including phenoxy) is 2. The molecule has 162 valence electrons. The highest BCUT2D eigenvalue weighted by Crippen LogP contribution is 2.36.